The first kappa shape index (κ1) is 13.2. The SMILES string of the molecule is Fc1ccc(C2CN(Cc3cnc[nH]3)CCO2)c(F)c1. The zero-order chi connectivity index (χ0) is 13.9. The van der Waals surface area contributed by atoms with Crippen LogP contribution in [0.2, 0.25) is 0 Å². The number of rotatable bonds is 3. The van der Waals surface area contributed by atoms with E-state index in [0.717, 1.165) is 18.3 Å². The summed E-state index contributed by atoms with van der Waals surface area (Å²) in [4.78, 5) is 9.17. The fraction of sp³-hybridized carbons (Fsp3) is 0.357. The van der Waals surface area contributed by atoms with E-state index in [-0.39, 0.29) is 6.10 Å². The van der Waals surface area contributed by atoms with Crippen LogP contribution in [0.1, 0.15) is 17.4 Å². The predicted octanol–water partition coefficient (Wildman–Crippen LogP) is 2.26. The second kappa shape index (κ2) is 5.68. The maximum atomic E-state index is 13.8. The van der Waals surface area contributed by atoms with Crippen molar-refractivity contribution in [2.75, 3.05) is 19.7 Å². The molecule has 1 aromatic heterocycles. The van der Waals surface area contributed by atoms with Crippen molar-refractivity contribution in [3.05, 3.63) is 53.6 Å². The van der Waals surface area contributed by atoms with Crippen LogP contribution in [-0.4, -0.2) is 34.6 Å². The molecular weight excluding hydrogens is 264 g/mol. The van der Waals surface area contributed by atoms with Crippen molar-refractivity contribution in [3.63, 3.8) is 0 Å². The molecule has 0 bridgehead atoms. The molecule has 106 valence electrons. The molecule has 0 spiro atoms. The fourth-order valence-corrected chi connectivity index (χ4v) is 2.41. The van der Waals surface area contributed by atoms with E-state index < -0.39 is 11.6 Å². The zero-order valence-electron chi connectivity index (χ0n) is 10.9. The number of aromatic nitrogens is 2. The van der Waals surface area contributed by atoms with Gasteiger partial charge in [-0.1, -0.05) is 6.07 Å². The van der Waals surface area contributed by atoms with Crippen molar-refractivity contribution >= 4 is 0 Å². The molecule has 1 aliphatic rings. The van der Waals surface area contributed by atoms with Gasteiger partial charge in [-0.15, -0.1) is 0 Å². The van der Waals surface area contributed by atoms with Gasteiger partial charge in [0.05, 0.1) is 19.0 Å². The Labute approximate surface area is 115 Å². The standard InChI is InChI=1S/C14H15F2N3O/c15-10-1-2-12(13(16)5-10)14-8-19(3-4-20-14)7-11-6-17-9-18-11/h1-2,5-6,9,14H,3-4,7-8H2,(H,17,18). The van der Waals surface area contributed by atoms with Crippen LogP contribution < -0.4 is 0 Å². The molecule has 1 N–H and O–H groups in total. The highest BCUT2D eigenvalue weighted by Crippen LogP contribution is 2.25. The van der Waals surface area contributed by atoms with Gasteiger partial charge in [0.2, 0.25) is 0 Å². The van der Waals surface area contributed by atoms with Crippen molar-refractivity contribution in [1.29, 1.82) is 0 Å². The predicted molar refractivity (Wildman–Crippen MR) is 68.9 cm³/mol. The Bertz CT molecular complexity index is 574. The molecule has 1 unspecified atom stereocenters. The topological polar surface area (TPSA) is 41.2 Å². The van der Waals surface area contributed by atoms with Crippen molar-refractivity contribution < 1.29 is 13.5 Å². The van der Waals surface area contributed by atoms with Gasteiger partial charge in [-0.2, -0.15) is 0 Å². The van der Waals surface area contributed by atoms with E-state index in [2.05, 4.69) is 14.9 Å². The van der Waals surface area contributed by atoms with Crippen molar-refractivity contribution in [1.82, 2.24) is 14.9 Å². The molecule has 2 heterocycles. The summed E-state index contributed by atoms with van der Waals surface area (Å²) in [5, 5.41) is 0. The summed E-state index contributed by atoms with van der Waals surface area (Å²) in [7, 11) is 0. The van der Waals surface area contributed by atoms with Crippen LogP contribution in [0.4, 0.5) is 8.78 Å². The molecule has 0 radical (unpaired) electrons. The first-order chi connectivity index (χ1) is 9.72. The second-order valence-electron chi connectivity index (χ2n) is 4.84. The minimum absolute atomic E-state index is 0.368. The second-order valence-corrected chi connectivity index (χ2v) is 4.84. The van der Waals surface area contributed by atoms with Crippen LogP contribution in [-0.2, 0) is 11.3 Å². The number of hydrogen-bond donors (Lipinski definition) is 1. The lowest BCUT2D eigenvalue weighted by molar-refractivity contribution is -0.0348. The number of imidazole rings is 1. The number of nitrogens with one attached hydrogen (secondary N) is 1. The average molecular weight is 279 g/mol. The van der Waals surface area contributed by atoms with Gasteiger partial charge >= 0.3 is 0 Å². The third-order valence-electron chi connectivity index (χ3n) is 3.41. The van der Waals surface area contributed by atoms with Gasteiger partial charge in [-0.3, -0.25) is 4.90 Å². The summed E-state index contributed by atoms with van der Waals surface area (Å²) in [6.45, 7) is 2.58. The number of hydrogen-bond acceptors (Lipinski definition) is 3. The first-order valence-corrected chi connectivity index (χ1v) is 6.48. The molecular formula is C14H15F2N3O. The van der Waals surface area contributed by atoms with Crippen LogP contribution >= 0.6 is 0 Å². The Morgan fingerprint density at radius 2 is 2.30 bits per heavy atom. The molecule has 3 rings (SSSR count). The number of nitrogens with zero attached hydrogens (tertiary/aromatic N) is 2. The number of benzene rings is 1. The van der Waals surface area contributed by atoms with Gasteiger partial charge in [0.15, 0.2) is 0 Å². The van der Waals surface area contributed by atoms with Gasteiger partial charge in [-0.25, -0.2) is 13.8 Å². The van der Waals surface area contributed by atoms with E-state index in [0.29, 0.717) is 25.3 Å². The summed E-state index contributed by atoms with van der Waals surface area (Å²) in [6.07, 6.45) is 3.03. The quantitative estimate of drug-likeness (QED) is 0.937. The normalized spacial score (nSPS) is 20.2. The molecule has 1 saturated heterocycles. The first-order valence-electron chi connectivity index (χ1n) is 6.48. The molecule has 20 heavy (non-hydrogen) atoms. The summed E-state index contributed by atoms with van der Waals surface area (Å²) < 4.78 is 32.3. The molecule has 1 fully saturated rings. The summed E-state index contributed by atoms with van der Waals surface area (Å²) >= 11 is 0. The van der Waals surface area contributed by atoms with Crippen LogP contribution in [0.3, 0.4) is 0 Å². The molecule has 4 nitrogen and oxygen atoms in total. The Morgan fingerprint density at radius 3 is 3.05 bits per heavy atom. The van der Waals surface area contributed by atoms with Crippen LogP contribution in [0.5, 0.6) is 0 Å². The molecule has 2 aromatic rings. The highest BCUT2D eigenvalue weighted by Gasteiger charge is 2.24. The third kappa shape index (κ3) is 2.86. The summed E-state index contributed by atoms with van der Waals surface area (Å²) in [5.41, 5.74) is 1.41. The largest absolute Gasteiger partial charge is 0.371 e. The van der Waals surface area contributed by atoms with Crippen LogP contribution in [0.15, 0.2) is 30.7 Å². The van der Waals surface area contributed by atoms with E-state index in [1.54, 1.807) is 12.5 Å². The van der Waals surface area contributed by atoms with Gasteiger partial charge in [0, 0.05) is 43.2 Å². The molecule has 6 heteroatoms. The number of ether oxygens (including phenoxy) is 1. The summed E-state index contributed by atoms with van der Waals surface area (Å²) in [6, 6.07) is 3.61. The van der Waals surface area contributed by atoms with E-state index >= 15 is 0 Å². The Kier molecular flexibility index (Phi) is 3.75. The molecule has 1 aromatic carbocycles. The highest BCUT2D eigenvalue weighted by atomic mass is 19.1. The summed E-state index contributed by atoms with van der Waals surface area (Å²) in [5.74, 6) is -1.13. The Balaban J connectivity index is 1.71. The zero-order valence-corrected chi connectivity index (χ0v) is 10.9. The van der Waals surface area contributed by atoms with E-state index in [1.807, 2.05) is 0 Å². The monoisotopic (exact) mass is 279 g/mol. The number of aromatic amines is 1. The fourth-order valence-electron chi connectivity index (χ4n) is 2.41. The van der Waals surface area contributed by atoms with Crippen LogP contribution in [0, 0.1) is 11.6 Å². The molecule has 0 aliphatic carbocycles. The molecule has 0 amide bonds. The van der Waals surface area contributed by atoms with Gasteiger partial charge < -0.3 is 9.72 Å². The van der Waals surface area contributed by atoms with E-state index in [1.165, 1.54) is 12.1 Å². The van der Waals surface area contributed by atoms with Crippen LogP contribution in [0.25, 0.3) is 0 Å². The Morgan fingerprint density at radius 1 is 1.40 bits per heavy atom. The molecule has 1 aliphatic heterocycles. The van der Waals surface area contributed by atoms with E-state index in [9.17, 15) is 8.78 Å². The minimum atomic E-state index is -0.573. The maximum absolute atomic E-state index is 13.8. The van der Waals surface area contributed by atoms with Gasteiger partial charge in [0.25, 0.3) is 0 Å². The smallest absolute Gasteiger partial charge is 0.131 e. The van der Waals surface area contributed by atoms with Crippen molar-refractivity contribution in [2.24, 2.45) is 0 Å². The van der Waals surface area contributed by atoms with Crippen molar-refractivity contribution in [3.8, 4) is 0 Å². The number of morpholine rings is 1. The lowest BCUT2D eigenvalue weighted by Gasteiger charge is -2.32. The lowest BCUT2D eigenvalue weighted by Crippen LogP contribution is -2.38. The highest BCUT2D eigenvalue weighted by molar-refractivity contribution is 5.21. The maximum Gasteiger partial charge on any atom is 0.131 e. The number of H-pyrrole nitrogens is 1. The lowest BCUT2D eigenvalue weighted by atomic mass is 10.1. The van der Waals surface area contributed by atoms with Crippen molar-refractivity contribution in [2.45, 2.75) is 12.6 Å². The third-order valence-corrected chi connectivity index (χ3v) is 3.41. The molecule has 0 saturated carbocycles. The van der Waals surface area contributed by atoms with Gasteiger partial charge in [-0.05, 0) is 6.07 Å². The minimum Gasteiger partial charge on any atom is -0.371 e. The molecule has 1 atom stereocenters. The number of halogens is 2. The van der Waals surface area contributed by atoms with E-state index in [4.69, 9.17) is 4.74 Å². The Hall–Kier alpha value is -1.79. The average Bonchev–Trinajstić information content (AvgIpc) is 2.92. The van der Waals surface area contributed by atoms with Gasteiger partial charge in [0.1, 0.15) is 11.6 Å².